The van der Waals surface area contributed by atoms with Crippen LogP contribution in [0.25, 0.3) is 0 Å². The normalized spacial score (nSPS) is 12.8. The maximum Gasteiger partial charge on any atom is 0.305 e. The first kappa shape index (κ1) is 9.70. The van der Waals surface area contributed by atoms with E-state index in [1.165, 1.54) is 11.3 Å². The van der Waals surface area contributed by atoms with Crippen molar-refractivity contribution in [2.45, 2.75) is 12.5 Å². The first-order chi connectivity index (χ1) is 5.61. The summed E-state index contributed by atoms with van der Waals surface area (Å²) in [4.78, 5) is 10.3. The Morgan fingerprint density at radius 2 is 2.42 bits per heavy atom. The molecular weight excluding hydrogens is 242 g/mol. The zero-order valence-electron chi connectivity index (χ0n) is 6.16. The maximum absolute atomic E-state index is 10.3. The lowest BCUT2D eigenvalue weighted by atomic mass is 10.1. The third-order valence-corrected chi connectivity index (χ3v) is 3.19. The van der Waals surface area contributed by atoms with E-state index in [-0.39, 0.29) is 6.42 Å². The molecule has 0 unspecified atom stereocenters. The molecule has 0 saturated carbocycles. The summed E-state index contributed by atoms with van der Waals surface area (Å²) in [5, 5.41) is 12.2. The van der Waals surface area contributed by atoms with Gasteiger partial charge in [-0.3, -0.25) is 4.79 Å². The molecule has 1 aromatic heterocycles. The highest BCUT2D eigenvalue weighted by atomic mass is 79.9. The molecule has 0 aliphatic rings. The summed E-state index contributed by atoms with van der Waals surface area (Å²) in [6.45, 7) is 0. The fourth-order valence-corrected chi connectivity index (χ4v) is 2.51. The second-order valence-electron chi connectivity index (χ2n) is 2.38. The third-order valence-electron chi connectivity index (χ3n) is 1.44. The Balaban J connectivity index is 2.71. The summed E-state index contributed by atoms with van der Waals surface area (Å²) < 4.78 is 0.890. The van der Waals surface area contributed by atoms with Crippen LogP contribution in [0.4, 0.5) is 0 Å². The molecule has 5 heteroatoms. The van der Waals surface area contributed by atoms with Gasteiger partial charge in [0.05, 0.1) is 6.42 Å². The minimum absolute atomic E-state index is 0.0324. The number of halogens is 1. The van der Waals surface area contributed by atoms with Gasteiger partial charge in [0, 0.05) is 15.9 Å². The lowest BCUT2D eigenvalue weighted by Gasteiger charge is -2.06. The third kappa shape index (κ3) is 2.30. The lowest BCUT2D eigenvalue weighted by molar-refractivity contribution is -0.137. The number of carbonyl (C=O) groups is 1. The molecule has 0 aliphatic heterocycles. The standard InChI is InChI=1S/C7H8BrNO2S/c8-5-3-12-2-4(5)6(9)1-7(10)11/h2-3,6H,1,9H2,(H,10,11)/t6-/m1/s1. The second-order valence-corrected chi connectivity index (χ2v) is 3.98. The number of carboxylic acid groups (broad SMARTS) is 1. The second kappa shape index (κ2) is 4.02. The highest BCUT2D eigenvalue weighted by molar-refractivity contribution is 9.10. The Labute approximate surface area is 82.3 Å². The monoisotopic (exact) mass is 249 g/mol. The SMILES string of the molecule is N[C@H](CC(=O)O)c1cscc1Br. The van der Waals surface area contributed by atoms with Crippen LogP contribution in [0, 0.1) is 0 Å². The zero-order chi connectivity index (χ0) is 9.14. The Hall–Kier alpha value is -0.390. The molecule has 1 aromatic rings. The quantitative estimate of drug-likeness (QED) is 0.862. The summed E-state index contributed by atoms with van der Waals surface area (Å²) >= 11 is 4.80. The molecule has 0 aliphatic carbocycles. The maximum atomic E-state index is 10.3. The molecule has 12 heavy (non-hydrogen) atoms. The van der Waals surface area contributed by atoms with Crippen molar-refractivity contribution in [3.05, 3.63) is 20.8 Å². The number of thiophene rings is 1. The predicted molar refractivity (Wildman–Crippen MR) is 51.2 cm³/mol. The summed E-state index contributed by atoms with van der Waals surface area (Å²) in [6.07, 6.45) is -0.0324. The lowest BCUT2D eigenvalue weighted by Crippen LogP contribution is -2.14. The summed E-state index contributed by atoms with van der Waals surface area (Å²) in [5.74, 6) is -0.874. The molecule has 0 aromatic carbocycles. The molecule has 1 rings (SSSR count). The van der Waals surface area contributed by atoms with E-state index in [2.05, 4.69) is 15.9 Å². The number of aliphatic carboxylic acids is 1. The van der Waals surface area contributed by atoms with Crippen molar-refractivity contribution in [2.24, 2.45) is 5.73 Å². The van der Waals surface area contributed by atoms with Gasteiger partial charge in [0.1, 0.15) is 0 Å². The number of hydrogen-bond acceptors (Lipinski definition) is 3. The summed E-state index contributed by atoms with van der Waals surface area (Å²) in [5.41, 5.74) is 6.50. The molecule has 1 atom stereocenters. The molecule has 0 spiro atoms. The Kier molecular flexibility index (Phi) is 3.25. The minimum Gasteiger partial charge on any atom is -0.481 e. The van der Waals surface area contributed by atoms with Crippen molar-refractivity contribution < 1.29 is 9.90 Å². The Morgan fingerprint density at radius 3 is 2.83 bits per heavy atom. The van der Waals surface area contributed by atoms with Crippen molar-refractivity contribution >= 4 is 33.2 Å². The van der Waals surface area contributed by atoms with Crippen LogP contribution in [0.5, 0.6) is 0 Å². The van der Waals surface area contributed by atoms with Gasteiger partial charge in [-0.25, -0.2) is 0 Å². The van der Waals surface area contributed by atoms with E-state index in [1.54, 1.807) is 0 Å². The molecule has 3 N–H and O–H groups in total. The molecule has 0 amide bonds. The van der Waals surface area contributed by atoms with Crippen LogP contribution in [-0.4, -0.2) is 11.1 Å². The Bertz CT molecular complexity index is 287. The first-order valence-corrected chi connectivity index (χ1v) is 5.04. The molecule has 66 valence electrons. The van der Waals surface area contributed by atoms with Gasteiger partial charge >= 0.3 is 5.97 Å². The predicted octanol–water partition coefficient (Wildman–Crippen LogP) is 1.99. The number of carboxylic acids is 1. The van der Waals surface area contributed by atoms with Crippen LogP contribution in [-0.2, 0) is 4.79 Å². The largest absolute Gasteiger partial charge is 0.481 e. The molecule has 1 heterocycles. The van der Waals surface area contributed by atoms with Crippen LogP contribution >= 0.6 is 27.3 Å². The molecule has 0 bridgehead atoms. The topological polar surface area (TPSA) is 63.3 Å². The van der Waals surface area contributed by atoms with E-state index in [9.17, 15) is 4.79 Å². The smallest absolute Gasteiger partial charge is 0.305 e. The van der Waals surface area contributed by atoms with Gasteiger partial charge in [-0.2, -0.15) is 11.3 Å². The van der Waals surface area contributed by atoms with E-state index in [0.717, 1.165) is 10.0 Å². The van der Waals surface area contributed by atoms with Gasteiger partial charge in [-0.1, -0.05) is 0 Å². The fourth-order valence-electron chi connectivity index (χ4n) is 0.854. The van der Waals surface area contributed by atoms with Gasteiger partial charge in [0.15, 0.2) is 0 Å². The van der Waals surface area contributed by atoms with Crippen LogP contribution < -0.4 is 5.73 Å². The van der Waals surface area contributed by atoms with Crippen LogP contribution in [0.15, 0.2) is 15.2 Å². The minimum atomic E-state index is -0.874. The van der Waals surface area contributed by atoms with Gasteiger partial charge in [0.2, 0.25) is 0 Å². The molecule has 0 saturated heterocycles. The molecule has 0 fully saturated rings. The molecule has 0 radical (unpaired) electrons. The number of hydrogen-bond donors (Lipinski definition) is 2. The molecular formula is C7H8BrNO2S. The van der Waals surface area contributed by atoms with Gasteiger partial charge in [-0.15, -0.1) is 0 Å². The van der Waals surface area contributed by atoms with Crippen LogP contribution in [0.1, 0.15) is 18.0 Å². The fraction of sp³-hybridized carbons (Fsp3) is 0.286. The van der Waals surface area contributed by atoms with Gasteiger partial charge in [0.25, 0.3) is 0 Å². The van der Waals surface area contributed by atoms with E-state index in [1.807, 2.05) is 10.8 Å². The summed E-state index contributed by atoms with van der Waals surface area (Å²) in [7, 11) is 0. The first-order valence-electron chi connectivity index (χ1n) is 3.30. The van der Waals surface area contributed by atoms with E-state index in [0.29, 0.717) is 0 Å². The average Bonchev–Trinajstić information content (AvgIpc) is 2.33. The highest BCUT2D eigenvalue weighted by Gasteiger charge is 2.13. The summed E-state index contributed by atoms with van der Waals surface area (Å²) in [6, 6.07) is -0.414. The van der Waals surface area contributed by atoms with E-state index < -0.39 is 12.0 Å². The van der Waals surface area contributed by atoms with Crippen LogP contribution in [0.3, 0.4) is 0 Å². The van der Waals surface area contributed by atoms with E-state index >= 15 is 0 Å². The zero-order valence-corrected chi connectivity index (χ0v) is 8.56. The van der Waals surface area contributed by atoms with Crippen molar-refractivity contribution in [1.29, 1.82) is 0 Å². The van der Waals surface area contributed by atoms with Crippen molar-refractivity contribution in [3.63, 3.8) is 0 Å². The van der Waals surface area contributed by atoms with Crippen LogP contribution in [0.2, 0.25) is 0 Å². The van der Waals surface area contributed by atoms with E-state index in [4.69, 9.17) is 10.8 Å². The Morgan fingerprint density at radius 1 is 1.75 bits per heavy atom. The van der Waals surface area contributed by atoms with Gasteiger partial charge < -0.3 is 10.8 Å². The van der Waals surface area contributed by atoms with Crippen molar-refractivity contribution in [2.75, 3.05) is 0 Å². The average molecular weight is 250 g/mol. The molecule has 3 nitrogen and oxygen atoms in total. The van der Waals surface area contributed by atoms with Crippen molar-refractivity contribution in [3.8, 4) is 0 Å². The highest BCUT2D eigenvalue weighted by Crippen LogP contribution is 2.27. The number of rotatable bonds is 3. The van der Waals surface area contributed by atoms with Gasteiger partial charge in [-0.05, 0) is 26.9 Å². The van der Waals surface area contributed by atoms with Crippen molar-refractivity contribution in [1.82, 2.24) is 0 Å². The number of nitrogens with two attached hydrogens (primary N) is 1.